The minimum atomic E-state index is -0.790. The van der Waals surface area contributed by atoms with Crippen molar-refractivity contribution in [3.8, 4) is 0 Å². The molecule has 0 aromatic rings. The molecule has 0 radical (unpaired) electrons. The molecular weight excluding hydrogens is 1020 g/mol. The van der Waals surface area contributed by atoms with Gasteiger partial charge < -0.3 is 14.2 Å². The van der Waals surface area contributed by atoms with Gasteiger partial charge >= 0.3 is 17.9 Å². The van der Waals surface area contributed by atoms with Gasteiger partial charge in [-0.2, -0.15) is 0 Å². The molecule has 0 rings (SSSR count). The van der Waals surface area contributed by atoms with Gasteiger partial charge in [-0.3, -0.25) is 14.4 Å². The second-order valence-corrected chi connectivity index (χ2v) is 23.8. The SMILES string of the molecule is CC/C=C\C/C=C\C/C=C\C/C=C\CCCCCCCCC(=O)OC(COC(=O)CCCCCCCCCCC/C=C\C/C=C\CCCCC)COC(=O)CCCCCCCCCCCCCCCCC/C=C\C/C=C\CCCCCCC. The van der Waals surface area contributed by atoms with Crippen molar-refractivity contribution in [1.82, 2.24) is 0 Å². The van der Waals surface area contributed by atoms with Crippen LogP contribution in [0, 0.1) is 0 Å². The van der Waals surface area contributed by atoms with E-state index in [4.69, 9.17) is 14.2 Å². The van der Waals surface area contributed by atoms with Crippen LogP contribution in [0.3, 0.4) is 0 Å². The normalized spacial score (nSPS) is 12.7. The zero-order chi connectivity index (χ0) is 59.9. The Labute approximate surface area is 515 Å². The highest BCUT2D eigenvalue weighted by Crippen LogP contribution is 2.17. The molecule has 0 spiro atoms. The molecule has 0 aromatic heterocycles. The van der Waals surface area contributed by atoms with Gasteiger partial charge in [0.25, 0.3) is 0 Å². The third kappa shape index (κ3) is 69.0. The van der Waals surface area contributed by atoms with Crippen LogP contribution in [-0.4, -0.2) is 37.2 Å². The van der Waals surface area contributed by atoms with Gasteiger partial charge in [0.15, 0.2) is 6.10 Å². The third-order valence-corrected chi connectivity index (χ3v) is 15.5. The first-order chi connectivity index (χ1) is 41.0. The van der Waals surface area contributed by atoms with E-state index in [-0.39, 0.29) is 31.1 Å². The van der Waals surface area contributed by atoms with Gasteiger partial charge in [0.05, 0.1) is 0 Å². The van der Waals surface area contributed by atoms with Crippen LogP contribution in [-0.2, 0) is 28.6 Å². The summed E-state index contributed by atoms with van der Waals surface area (Å²) >= 11 is 0. The zero-order valence-electron chi connectivity index (χ0n) is 54.9. The first-order valence-corrected chi connectivity index (χ1v) is 35.7. The van der Waals surface area contributed by atoms with E-state index >= 15 is 0 Å². The maximum absolute atomic E-state index is 13.0. The monoisotopic (exact) mass is 1160 g/mol. The molecule has 0 saturated carbocycles. The van der Waals surface area contributed by atoms with Crippen molar-refractivity contribution in [3.63, 3.8) is 0 Å². The number of carbonyl (C=O) groups is 3. The average Bonchev–Trinajstić information content (AvgIpc) is 3.50. The van der Waals surface area contributed by atoms with Gasteiger partial charge in [0, 0.05) is 19.3 Å². The van der Waals surface area contributed by atoms with Gasteiger partial charge in [-0.1, -0.05) is 311 Å². The van der Waals surface area contributed by atoms with Crippen molar-refractivity contribution in [2.45, 2.75) is 361 Å². The number of unbranched alkanes of at least 4 members (excludes halogenated alkanes) is 38. The molecule has 0 N–H and O–H groups in total. The van der Waals surface area contributed by atoms with Crippen LogP contribution in [0.2, 0.25) is 0 Å². The maximum Gasteiger partial charge on any atom is 0.306 e. The fourth-order valence-corrected chi connectivity index (χ4v) is 10.2. The highest BCUT2D eigenvalue weighted by molar-refractivity contribution is 5.71. The number of carbonyl (C=O) groups excluding carboxylic acids is 3. The largest absolute Gasteiger partial charge is 0.462 e. The van der Waals surface area contributed by atoms with Crippen LogP contribution >= 0.6 is 0 Å². The average molecular weight is 1160 g/mol. The van der Waals surface area contributed by atoms with Crippen molar-refractivity contribution < 1.29 is 28.6 Å². The molecule has 0 aromatic carbocycles. The van der Waals surface area contributed by atoms with E-state index in [0.717, 1.165) is 109 Å². The number of hydrogen-bond donors (Lipinski definition) is 0. The Bertz CT molecular complexity index is 1610. The molecule has 83 heavy (non-hydrogen) atoms. The Kier molecular flexibility index (Phi) is 67.7. The molecule has 0 fully saturated rings. The summed E-state index contributed by atoms with van der Waals surface area (Å²) in [7, 11) is 0. The number of esters is 3. The summed E-state index contributed by atoms with van der Waals surface area (Å²) in [5, 5.41) is 0. The predicted octanol–water partition coefficient (Wildman–Crippen LogP) is 24.8. The lowest BCUT2D eigenvalue weighted by molar-refractivity contribution is -0.167. The first kappa shape index (κ1) is 79.3. The van der Waals surface area contributed by atoms with E-state index in [0.29, 0.717) is 19.3 Å². The van der Waals surface area contributed by atoms with Crippen LogP contribution in [0.25, 0.3) is 0 Å². The summed E-state index contributed by atoms with van der Waals surface area (Å²) in [6, 6.07) is 0. The van der Waals surface area contributed by atoms with Crippen molar-refractivity contribution in [2.75, 3.05) is 13.2 Å². The summed E-state index contributed by atoms with van der Waals surface area (Å²) in [5.74, 6) is -0.885. The summed E-state index contributed by atoms with van der Waals surface area (Å²) in [5.41, 5.74) is 0. The van der Waals surface area contributed by atoms with E-state index in [2.05, 4.69) is 118 Å². The highest BCUT2D eigenvalue weighted by atomic mass is 16.6. The second kappa shape index (κ2) is 70.8. The van der Waals surface area contributed by atoms with Crippen molar-refractivity contribution in [1.29, 1.82) is 0 Å². The predicted molar refractivity (Wildman–Crippen MR) is 362 cm³/mol. The van der Waals surface area contributed by atoms with Gasteiger partial charge in [0.1, 0.15) is 13.2 Å². The second-order valence-electron chi connectivity index (χ2n) is 23.8. The zero-order valence-corrected chi connectivity index (χ0v) is 54.9. The highest BCUT2D eigenvalue weighted by Gasteiger charge is 2.19. The molecule has 0 bridgehead atoms. The summed E-state index contributed by atoms with van der Waals surface area (Å²) < 4.78 is 17.0. The lowest BCUT2D eigenvalue weighted by Gasteiger charge is -2.18. The smallest absolute Gasteiger partial charge is 0.306 e. The fraction of sp³-hybridized carbons (Fsp3) is 0.753. The van der Waals surface area contributed by atoms with Crippen LogP contribution in [0.4, 0.5) is 0 Å². The lowest BCUT2D eigenvalue weighted by atomic mass is 10.0. The topological polar surface area (TPSA) is 78.9 Å². The van der Waals surface area contributed by atoms with Gasteiger partial charge in [0.2, 0.25) is 0 Å². The van der Waals surface area contributed by atoms with Crippen molar-refractivity contribution in [2.24, 2.45) is 0 Å². The molecule has 6 nitrogen and oxygen atoms in total. The minimum absolute atomic E-state index is 0.0830. The van der Waals surface area contributed by atoms with Gasteiger partial charge in [-0.15, -0.1) is 0 Å². The molecule has 0 aliphatic carbocycles. The molecule has 0 saturated heterocycles. The third-order valence-electron chi connectivity index (χ3n) is 15.5. The Balaban J connectivity index is 4.34. The standard InChI is InChI=1S/C77H134O6/c1-4-7-10-13-16-19-22-25-28-31-34-35-36-37-38-39-40-41-44-46-49-52-55-58-61-64-67-70-76(79)82-73-74(83-77(80)71-68-65-62-59-56-53-50-47-43-33-30-27-24-21-18-15-12-9-6-3)72-81-75(78)69-66-63-60-57-54-51-48-45-42-32-29-26-23-20-17-14-11-8-5-2/h9,12,17-18,20-22,25-27,29-31,34,43,47,74H,4-8,10-11,13-16,19,23-24,28,32-33,35-42,44-46,48-73H2,1-3H3/b12-9-,20-17-,21-18-,25-22-,29-26-,30-27-,34-31-,47-43-. The van der Waals surface area contributed by atoms with Crippen molar-refractivity contribution in [3.05, 3.63) is 97.2 Å². The summed E-state index contributed by atoms with van der Waals surface area (Å²) in [4.78, 5) is 38.5. The summed E-state index contributed by atoms with van der Waals surface area (Å²) in [6.45, 7) is 6.52. The molecule has 1 atom stereocenters. The number of ether oxygens (including phenoxy) is 3. The number of allylic oxidation sites excluding steroid dienone is 16. The Morgan fingerprint density at radius 1 is 0.253 bits per heavy atom. The fourth-order valence-electron chi connectivity index (χ4n) is 10.2. The van der Waals surface area contributed by atoms with E-state index in [9.17, 15) is 14.4 Å². The van der Waals surface area contributed by atoms with Crippen LogP contribution in [0.1, 0.15) is 355 Å². The molecule has 0 amide bonds. The Morgan fingerprint density at radius 3 is 0.759 bits per heavy atom. The molecular formula is C77H134O6. The minimum Gasteiger partial charge on any atom is -0.462 e. The molecule has 0 aliphatic rings. The Hall–Kier alpha value is -3.67. The van der Waals surface area contributed by atoms with Crippen molar-refractivity contribution >= 4 is 17.9 Å². The maximum atomic E-state index is 13.0. The summed E-state index contributed by atoms with van der Waals surface area (Å²) in [6.07, 6.45) is 95.7. The molecule has 478 valence electrons. The number of hydrogen-bond acceptors (Lipinski definition) is 6. The quantitative estimate of drug-likeness (QED) is 0.0261. The van der Waals surface area contributed by atoms with E-state index in [1.807, 2.05) is 0 Å². The molecule has 0 aliphatic heterocycles. The molecule has 6 heteroatoms. The van der Waals surface area contributed by atoms with Crippen LogP contribution < -0.4 is 0 Å². The lowest BCUT2D eigenvalue weighted by Crippen LogP contribution is -2.30. The van der Waals surface area contributed by atoms with E-state index in [1.165, 1.54) is 205 Å². The van der Waals surface area contributed by atoms with Gasteiger partial charge in [-0.05, 0) is 122 Å². The van der Waals surface area contributed by atoms with E-state index in [1.54, 1.807) is 0 Å². The first-order valence-electron chi connectivity index (χ1n) is 35.7. The molecule has 1 unspecified atom stereocenters. The molecule has 0 heterocycles. The Morgan fingerprint density at radius 2 is 0.470 bits per heavy atom. The number of rotatable bonds is 65. The van der Waals surface area contributed by atoms with Crippen LogP contribution in [0.5, 0.6) is 0 Å². The van der Waals surface area contributed by atoms with Crippen LogP contribution in [0.15, 0.2) is 97.2 Å². The van der Waals surface area contributed by atoms with E-state index < -0.39 is 6.10 Å². The van der Waals surface area contributed by atoms with Gasteiger partial charge in [-0.25, -0.2) is 0 Å².